The Morgan fingerprint density at radius 1 is 1.43 bits per heavy atom. The first-order chi connectivity index (χ1) is 10.9. The molecule has 1 aliphatic rings. The molecule has 0 radical (unpaired) electrons. The van der Waals surface area contributed by atoms with E-state index < -0.39 is 24.9 Å². The first-order valence-corrected chi connectivity index (χ1v) is 7.32. The largest absolute Gasteiger partial charge is 0.359 e. The van der Waals surface area contributed by atoms with E-state index in [9.17, 15) is 13.6 Å². The summed E-state index contributed by atoms with van der Waals surface area (Å²) in [5.74, 6) is -2.70. The Morgan fingerprint density at radius 2 is 2.17 bits per heavy atom. The molecule has 0 bridgehead atoms. The number of hydrogen-bond donors (Lipinski definition) is 1. The SMILES string of the molecule is CN(Cc1cc(-c2ccccc2)no1)C(=O)[C@@H]1CC(F)(F)CN1. The number of aromatic nitrogens is 1. The highest BCUT2D eigenvalue weighted by Gasteiger charge is 2.43. The summed E-state index contributed by atoms with van der Waals surface area (Å²) in [6, 6.07) is 10.4. The molecule has 1 aromatic heterocycles. The third kappa shape index (κ3) is 3.56. The number of benzene rings is 1. The van der Waals surface area contributed by atoms with Crippen LogP contribution < -0.4 is 5.32 Å². The fourth-order valence-electron chi connectivity index (χ4n) is 2.60. The molecule has 2 heterocycles. The van der Waals surface area contributed by atoms with Crippen LogP contribution >= 0.6 is 0 Å². The van der Waals surface area contributed by atoms with Gasteiger partial charge >= 0.3 is 0 Å². The Labute approximate surface area is 132 Å². The van der Waals surface area contributed by atoms with Gasteiger partial charge in [-0.1, -0.05) is 35.5 Å². The third-order valence-corrected chi connectivity index (χ3v) is 3.81. The van der Waals surface area contributed by atoms with Crippen LogP contribution in [0.2, 0.25) is 0 Å². The van der Waals surface area contributed by atoms with Crippen LogP contribution in [0.4, 0.5) is 8.78 Å². The molecule has 1 atom stereocenters. The van der Waals surface area contributed by atoms with Crippen molar-refractivity contribution >= 4 is 5.91 Å². The summed E-state index contributed by atoms with van der Waals surface area (Å²) in [6.45, 7) is -0.278. The number of likely N-dealkylation sites (N-methyl/N-ethyl adjacent to an activating group) is 1. The maximum Gasteiger partial charge on any atom is 0.262 e. The van der Waals surface area contributed by atoms with Gasteiger partial charge in [-0.3, -0.25) is 10.1 Å². The summed E-state index contributed by atoms with van der Waals surface area (Å²) in [7, 11) is 1.56. The summed E-state index contributed by atoms with van der Waals surface area (Å²) >= 11 is 0. The van der Waals surface area contributed by atoms with Crippen molar-refractivity contribution in [3.8, 4) is 11.3 Å². The fourth-order valence-corrected chi connectivity index (χ4v) is 2.60. The molecule has 23 heavy (non-hydrogen) atoms. The molecule has 1 aromatic carbocycles. The van der Waals surface area contributed by atoms with Gasteiger partial charge < -0.3 is 9.42 Å². The lowest BCUT2D eigenvalue weighted by Gasteiger charge is -2.19. The number of rotatable bonds is 4. The van der Waals surface area contributed by atoms with E-state index in [0.29, 0.717) is 11.5 Å². The monoisotopic (exact) mass is 321 g/mol. The van der Waals surface area contributed by atoms with Crippen molar-refractivity contribution in [1.82, 2.24) is 15.4 Å². The molecule has 1 aliphatic heterocycles. The van der Waals surface area contributed by atoms with Gasteiger partial charge in [-0.25, -0.2) is 8.78 Å². The van der Waals surface area contributed by atoms with E-state index in [1.807, 2.05) is 30.3 Å². The van der Waals surface area contributed by atoms with Gasteiger partial charge in [0.25, 0.3) is 5.92 Å². The Kier molecular flexibility index (Phi) is 4.12. The van der Waals surface area contributed by atoms with Crippen LogP contribution in [0.1, 0.15) is 12.2 Å². The molecule has 2 aromatic rings. The number of carbonyl (C=O) groups is 1. The highest BCUT2D eigenvalue weighted by Crippen LogP contribution is 2.26. The number of alkyl halides is 2. The van der Waals surface area contributed by atoms with E-state index in [1.165, 1.54) is 4.90 Å². The van der Waals surface area contributed by atoms with E-state index >= 15 is 0 Å². The van der Waals surface area contributed by atoms with Crippen LogP contribution in [0.5, 0.6) is 0 Å². The average Bonchev–Trinajstić information content (AvgIpc) is 3.14. The molecular weight excluding hydrogens is 304 g/mol. The molecular formula is C16H17F2N3O2. The number of halogens is 2. The van der Waals surface area contributed by atoms with E-state index in [-0.39, 0.29) is 12.5 Å². The summed E-state index contributed by atoms with van der Waals surface area (Å²) in [5.41, 5.74) is 1.58. The maximum absolute atomic E-state index is 13.2. The van der Waals surface area contributed by atoms with Gasteiger partial charge in [0.05, 0.1) is 19.1 Å². The smallest absolute Gasteiger partial charge is 0.262 e. The maximum atomic E-state index is 13.2. The first-order valence-electron chi connectivity index (χ1n) is 7.32. The zero-order chi connectivity index (χ0) is 16.4. The molecule has 1 N–H and O–H groups in total. The summed E-state index contributed by atoms with van der Waals surface area (Å²) < 4.78 is 31.6. The second-order valence-corrected chi connectivity index (χ2v) is 5.73. The van der Waals surface area contributed by atoms with Crippen molar-refractivity contribution in [3.63, 3.8) is 0 Å². The quantitative estimate of drug-likeness (QED) is 0.939. The average molecular weight is 321 g/mol. The Bertz CT molecular complexity index is 688. The standard InChI is InChI=1S/C16H17F2N3O2/c1-21(15(22)14-8-16(17,18)10-19-14)9-12-7-13(20-23-12)11-5-3-2-4-6-11/h2-7,14,19H,8-10H2,1H3/t14-/m0/s1. The molecule has 7 heteroatoms. The van der Waals surface area contributed by atoms with Crippen LogP contribution in [0.15, 0.2) is 40.9 Å². The highest BCUT2D eigenvalue weighted by molar-refractivity contribution is 5.82. The van der Waals surface area contributed by atoms with E-state index in [4.69, 9.17) is 4.52 Å². The molecule has 0 spiro atoms. The van der Waals surface area contributed by atoms with Gasteiger partial charge in [-0.05, 0) is 0 Å². The first kappa shape index (κ1) is 15.6. The van der Waals surface area contributed by atoms with E-state index in [0.717, 1.165) is 5.56 Å². The van der Waals surface area contributed by atoms with E-state index in [2.05, 4.69) is 10.5 Å². The predicted molar refractivity (Wildman–Crippen MR) is 79.8 cm³/mol. The molecule has 0 saturated carbocycles. The van der Waals surface area contributed by atoms with Crippen LogP contribution in [0.25, 0.3) is 11.3 Å². The number of nitrogens with zero attached hydrogens (tertiary/aromatic N) is 2. The zero-order valence-electron chi connectivity index (χ0n) is 12.6. The van der Waals surface area contributed by atoms with Crippen LogP contribution in [-0.2, 0) is 11.3 Å². The second kappa shape index (κ2) is 6.08. The molecule has 1 fully saturated rings. The second-order valence-electron chi connectivity index (χ2n) is 5.73. The molecule has 5 nitrogen and oxygen atoms in total. The minimum atomic E-state index is -2.83. The third-order valence-electron chi connectivity index (χ3n) is 3.81. The van der Waals surface area contributed by atoms with E-state index in [1.54, 1.807) is 13.1 Å². The molecule has 0 aliphatic carbocycles. The minimum Gasteiger partial charge on any atom is -0.359 e. The fraction of sp³-hybridized carbons (Fsp3) is 0.375. The molecule has 1 saturated heterocycles. The van der Waals surface area contributed by atoms with Crippen molar-refractivity contribution in [3.05, 3.63) is 42.2 Å². The molecule has 0 unspecified atom stereocenters. The Morgan fingerprint density at radius 3 is 2.83 bits per heavy atom. The van der Waals surface area contributed by atoms with Crippen LogP contribution in [0.3, 0.4) is 0 Å². The number of amides is 1. The van der Waals surface area contributed by atoms with Gasteiger partial charge in [-0.2, -0.15) is 0 Å². The van der Waals surface area contributed by atoms with Crippen molar-refractivity contribution in [2.75, 3.05) is 13.6 Å². The van der Waals surface area contributed by atoms with Gasteiger partial charge in [-0.15, -0.1) is 0 Å². The number of carbonyl (C=O) groups excluding carboxylic acids is 1. The Hall–Kier alpha value is -2.28. The van der Waals surface area contributed by atoms with Gasteiger partial charge in [0.15, 0.2) is 5.76 Å². The van der Waals surface area contributed by atoms with Gasteiger partial charge in [0, 0.05) is 25.1 Å². The minimum absolute atomic E-state index is 0.183. The van der Waals surface area contributed by atoms with Crippen molar-refractivity contribution in [1.29, 1.82) is 0 Å². The van der Waals surface area contributed by atoms with Crippen LogP contribution in [-0.4, -0.2) is 41.5 Å². The summed E-state index contributed by atoms with van der Waals surface area (Å²) in [5, 5.41) is 6.53. The number of nitrogens with one attached hydrogen (secondary N) is 1. The Balaban J connectivity index is 1.63. The molecule has 122 valence electrons. The zero-order valence-corrected chi connectivity index (χ0v) is 12.6. The van der Waals surface area contributed by atoms with Crippen molar-refractivity contribution in [2.45, 2.75) is 24.9 Å². The topological polar surface area (TPSA) is 58.4 Å². The summed E-state index contributed by atoms with van der Waals surface area (Å²) in [6.07, 6.45) is -0.470. The van der Waals surface area contributed by atoms with Crippen molar-refractivity contribution in [2.24, 2.45) is 0 Å². The molecule has 3 rings (SSSR count). The van der Waals surface area contributed by atoms with Gasteiger partial charge in [0.2, 0.25) is 5.91 Å². The molecule has 1 amide bonds. The van der Waals surface area contributed by atoms with Crippen LogP contribution in [0, 0.1) is 0 Å². The predicted octanol–water partition coefficient (Wildman–Crippen LogP) is 2.30. The lowest BCUT2D eigenvalue weighted by molar-refractivity contribution is -0.133. The van der Waals surface area contributed by atoms with Gasteiger partial charge in [0.1, 0.15) is 5.69 Å². The highest BCUT2D eigenvalue weighted by atomic mass is 19.3. The lowest BCUT2D eigenvalue weighted by atomic mass is 10.1. The lowest BCUT2D eigenvalue weighted by Crippen LogP contribution is -2.41. The number of hydrogen-bond acceptors (Lipinski definition) is 4. The van der Waals surface area contributed by atoms with Crippen molar-refractivity contribution < 1.29 is 18.1 Å². The summed E-state index contributed by atoms with van der Waals surface area (Å²) in [4.78, 5) is 13.6. The normalized spacial score (nSPS) is 19.7.